The van der Waals surface area contributed by atoms with Crippen molar-refractivity contribution in [2.75, 3.05) is 26.8 Å². The molecule has 0 aromatic rings. The summed E-state index contributed by atoms with van der Waals surface area (Å²) in [5.41, 5.74) is 0.236. The number of nitrogens with zero attached hydrogens (tertiary/aromatic N) is 1. The van der Waals surface area contributed by atoms with Crippen LogP contribution in [0.1, 0.15) is 52.4 Å². The van der Waals surface area contributed by atoms with E-state index < -0.39 is 12.3 Å². The summed E-state index contributed by atoms with van der Waals surface area (Å²) >= 11 is 0. The summed E-state index contributed by atoms with van der Waals surface area (Å²) < 4.78 is 40.0. The summed E-state index contributed by atoms with van der Waals surface area (Å²) in [5, 5.41) is 9.19. The Balaban J connectivity index is 0.000000198. The lowest BCUT2D eigenvalue weighted by molar-refractivity contribution is -0.218. The van der Waals surface area contributed by atoms with Crippen LogP contribution in [0.3, 0.4) is 0 Å². The Kier molecular flexibility index (Phi) is 7.62. The van der Waals surface area contributed by atoms with Crippen molar-refractivity contribution in [1.29, 1.82) is 0 Å². The maximum atomic E-state index is 11.9. The number of methoxy groups -OCH3 is 1. The molecule has 0 amide bonds. The van der Waals surface area contributed by atoms with Gasteiger partial charge in [0.05, 0.1) is 6.61 Å². The first kappa shape index (κ1) is 19.7. The van der Waals surface area contributed by atoms with Gasteiger partial charge < -0.3 is 9.84 Å². The largest absolute Gasteiger partial charge is 0.414 e. The Labute approximate surface area is 131 Å². The van der Waals surface area contributed by atoms with E-state index in [0.717, 1.165) is 7.11 Å². The molecule has 1 aliphatic carbocycles. The number of aliphatic hydroxyl groups excluding tert-OH is 1. The zero-order valence-electron chi connectivity index (χ0n) is 14.0. The van der Waals surface area contributed by atoms with Gasteiger partial charge in [-0.15, -0.1) is 0 Å². The van der Waals surface area contributed by atoms with Gasteiger partial charge >= 0.3 is 6.18 Å². The van der Waals surface area contributed by atoms with Crippen LogP contribution in [-0.2, 0) is 4.74 Å². The summed E-state index contributed by atoms with van der Waals surface area (Å²) in [6, 6.07) is 0. The van der Waals surface area contributed by atoms with Gasteiger partial charge in [-0.05, 0) is 57.5 Å². The summed E-state index contributed by atoms with van der Waals surface area (Å²) in [6.45, 7) is 6.83. The van der Waals surface area contributed by atoms with E-state index in [-0.39, 0.29) is 11.5 Å². The molecule has 3 aliphatic rings. The fourth-order valence-electron chi connectivity index (χ4n) is 3.48. The van der Waals surface area contributed by atoms with E-state index in [2.05, 4.69) is 9.64 Å². The number of hydrogen-bond donors (Lipinski definition) is 1. The van der Waals surface area contributed by atoms with E-state index in [1.54, 1.807) is 0 Å². The molecular weight excluding hydrogens is 295 g/mol. The number of rotatable bonds is 3. The molecule has 0 aromatic heterocycles. The van der Waals surface area contributed by atoms with Crippen LogP contribution in [0.5, 0.6) is 0 Å². The van der Waals surface area contributed by atoms with Crippen LogP contribution >= 0.6 is 0 Å². The van der Waals surface area contributed by atoms with Crippen molar-refractivity contribution in [3.63, 3.8) is 0 Å². The van der Waals surface area contributed by atoms with Gasteiger partial charge in [0.1, 0.15) is 0 Å². The van der Waals surface area contributed by atoms with Crippen LogP contribution in [0.25, 0.3) is 0 Å². The van der Waals surface area contributed by atoms with Crippen LogP contribution in [-0.4, -0.2) is 54.6 Å². The maximum Gasteiger partial charge on any atom is 0.414 e. The first-order chi connectivity index (χ1) is 10.4. The molecule has 3 nitrogen and oxygen atoms in total. The van der Waals surface area contributed by atoms with Crippen LogP contribution < -0.4 is 0 Å². The first-order valence-electron chi connectivity index (χ1n) is 8.38. The van der Waals surface area contributed by atoms with Gasteiger partial charge in [0.15, 0.2) is 6.10 Å². The third-order valence-electron chi connectivity index (χ3n) is 4.73. The third-order valence-corrected chi connectivity index (χ3v) is 4.73. The molecule has 2 heterocycles. The minimum absolute atomic E-state index is 0.236. The van der Waals surface area contributed by atoms with Crippen molar-refractivity contribution in [3.05, 3.63) is 0 Å². The average molecular weight is 325 g/mol. The minimum atomic E-state index is -4.17. The smallest absolute Gasteiger partial charge is 0.394 e. The highest BCUT2D eigenvalue weighted by Gasteiger charge is 2.49. The normalized spacial score (nSPS) is 24.7. The highest BCUT2D eigenvalue weighted by molar-refractivity contribution is 4.99. The van der Waals surface area contributed by atoms with Crippen molar-refractivity contribution >= 4 is 0 Å². The monoisotopic (exact) mass is 325 g/mol. The number of alkyl halides is 3. The Bertz CT molecular complexity index is 309. The second-order valence-electron chi connectivity index (χ2n) is 6.11. The van der Waals surface area contributed by atoms with E-state index in [9.17, 15) is 18.3 Å². The molecule has 0 spiro atoms. The highest BCUT2D eigenvalue weighted by Crippen LogP contribution is 2.41. The molecule has 3 rings (SSSR count). The molecule has 0 aromatic carbocycles. The average Bonchev–Trinajstić information content (AvgIpc) is 3.09. The van der Waals surface area contributed by atoms with Gasteiger partial charge in [0, 0.05) is 12.6 Å². The number of fused-ring (bicyclic) bond motifs is 1. The molecule has 1 atom stereocenters. The van der Waals surface area contributed by atoms with Crippen LogP contribution in [0, 0.1) is 5.92 Å². The fraction of sp³-hybridized carbons (Fsp3) is 1.00. The number of ether oxygens (including phenoxy) is 1. The van der Waals surface area contributed by atoms with Crippen molar-refractivity contribution in [2.45, 2.75) is 70.2 Å². The second kappa shape index (κ2) is 8.50. The number of halogens is 3. The van der Waals surface area contributed by atoms with Gasteiger partial charge in [-0.3, -0.25) is 4.90 Å². The topological polar surface area (TPSA) is 32.7 Å². The van der Waals surface area contributed by atoms with Gasteiger partial charge in [-0.1, -0.05) is 13.8 Å². The molecule has 6 heteroatoms. The number of hydrogen-bond acceptors (Lipinski definition) is 3. The Morgan fingerprint density at radius 2 is 1.68 bits per heavy atom. The Hall–Kier alpha value is -0.330. The second-order valence-corrected chi connectivity index (χ2v) is 6.11. The van der Waals surface area contributed by atoms with E-state index >= 15 is 0 Å². The Morgan fingerprint density at radius 3 is 1.91 bits per heavy atom. The zero-order valence-corrected chi connectivity index (χ0v) is 14.0. The highest BCUT2D eigenvalue weighted by atomic mass is 19.4. The molecule has 0 bridgehead atoms. The summed E-state index contributed by atoms with van der Waals surface area (Å²) in [6.07, 6.45) is 0.646. The molecule has 22 heavy (non-hydrogen) atoms. The van der Waals surface area contributed by atoms with E-state index in [1.807, 2.05) is 13.8 Å². The molecule has 2 aliphatic heterocycles. The van der Waals surface area contributed by atoms with E-state index in [0.29, 0.717) is 19.4 Å². The van der Waals surface area contributed by atoms with Crippen molar-refractivity contribution in [3.8, 4) is 0 Å². The van der Waals surface area contributed by atoms with Crippen LogP contribution in [0.2, 0.25) is 0 Å². The summed E-state index contributed by atoms with van der Waals surface area (Å²) in [7, 11) is 1.11. The molecule has 2 saturated heterocycles. The van der Waals surface area contributed by atoms with E-state index in [4.69, 9.17) is 0 Å². The maximum absolute atomic E-state index is 11.9. The van der Waals surface area contributed by atoms with Gasteiger partial charge in [-0.2, -0.15) is 13.2 Å². The molecular formula is C16H30F3NO2. The van der Waals surface area contributed by atoms with E-state index in [1.165, 1.54) is 38.8 Å². The van der Waals surface area contributed by atoms with Gasteiger partial charge in [-0.25, -0.2) is 0 Å². The SMILES string of the molecule is CC.COC(C1CC1)C(F)(F)F.OCC12CCCN1CCC2. The minimum Gasteiger partial charge on any atom is -0.394 e. The lowest BCUT2D eigenvalue weighted by Gasteiger charge is -2.29. The predicted molar refractivity (Wildman–Crippen MR) is 80.8 cm³/mol. The molecule has 1 unspecified atom stereocenters. The number of aliphatic hydroxyl groups is 1. The molecule has 1 N–H and O–H groups in total. The first-order valence-corrected chi connectivity index (χ1v) is 8.38. The molecule has 3 fully saturated rings. The van der Waals surface area contributed by atoms with Crippen molar-refractivity contribution in [1.82, 2.24) is 4.90 Å². The van der Waals surface area contributed by atoms with Crippen LogP contribution in [0.4, 0.5) is 13.2 Å². The van der Waals surface area contributed by atoms with Gasteiger partial charge in [0.25, 0.3) is 0 Å². The Morgan fingerprint density at radius 1 is 1.18 bits per heavy atom. The summed E-state index contributed by atoms with van der Waals surface area (Å²) in [4.78, 5) is 2.47. The quantitative estimate of drug-likeness (QED) is 0.860. The fourth-order valence-corrected chi connectivity index (χ4v) is 3.48. The predicted octanol–water partition coefficient (Wildman–Crippen LogP) is 3.61. The van der Waals surface area contributed by atoms with Crippen molar-refractivity contribution in [2.24, 2.45) is 5.92 Å². The standard InChI is InChI=1S/C8H15NO.C6H9F3O.C2H6/c10-7-8-3-1-5-9(8)6-2-4-8;1-10-5(4-2-3-4)6(7,8)9;1-2/h10H,1-7H2;4-5H,2-3H2,1H3;1-2H3. The van der Waals surface area contributed by atoms with Crippen LogP contribution in [0.15, 0.2) is 0 Å². The zero-order chi connectivity index (χ0) is 16.8. The molecule has 0 radical (unpaired) electrons. The lowest BCUT2D eigenvalue weighted by Crippen LogP contribution is -2.41. The summed E-state index contributed by atoms with van der Waals surface area (Å²) in [5.74, 6) is -0.273. The molecule has 1 saturated carbocycles. The van der Waals surface area contributed by atoms with Gasteiger partial charge in [0.2, 0.25) is 0 Å². The third kappa shape index (κ3) is 4.83. The molecule has 132 valence electrons. The van der Waals surface area contributed by atoms with Crippen molar-refractivity contribution < 1.29 is 23.0 Å². The lowest BCUT2D eigenvalue weighted by atomic mass is 9.96.